The van der Waals surface area contributed by atoms with Crippen molar-refractivity contribution in [3.63, 3.8) is 0 Å². The van der Waals surface area contributed by atoms with Crippen LogP contribution in [0.3, 0.4) is 0 Å². The number of unbranched alkanes of at least 4 members (excludes halogenated alkanes) is 1. The molecule has 0 spiro atoms. The number of benzene rings is 1. The number of carbonyl (C=O) groups excluding carboxylic acids is 1. The molecule has 0 aliphatic rings. The molecule has 108 valence electrons. The van der Waals surface area contributed by atoms with Crippen molar-refractivity contribution in [2.45, 2.75) is 12.8 Å². The molecule has 0 atom stereocenters. The number of rotatable bonds is 8. The largest absolute Gasteiger partial charge is 0.513 e. The number of ether oxygens (including phenoxy) is 3. The van der Waals surface area contributed by atoms with Gasteiger partial charge in [0, 0.05) is 12.1 Å². The first-order valence-corrected chi connectivity index (χ1v) is 5.95. The molecule has 7 nitrogen and oxygen atoms in total. The van der Waals surface area contributed by atoms with Crippen molar-refractivity contribution in [3.8, 4) is 5.75 Å². The first-order chi connectivity index (χ1) is 9.63. The molecule has 1 aromatic rings. The molecule has 0 heterocycles. The van der Waals surface area contributed by atoms with Crippen molar-refractivity contribution >= 4 is 11.8 Å². The van der Waals surface area contributed by atoms with Crippen molar-refractivity contribution in [2.75, 3.05) is 13.2 Å². The molecule has 0 fully saturated rings. The number of nitro benzene ring substituents is 1. The van der Waals surface area contributed by atoms with Gasteiger partial charge >= 0.3 is 6.16 Å². The van der Waals surface area contributed by atoms with Gasteiger partial charge in [0.15, 0.2) is 0 Å². The standard InChI is InChI=1S/C13H15NO6/c1-2-18-9-3-4-10-19-13(15)20-12-7-5-11(6-8-12)14(16)17/h2,5-8H,1,3-4,9-10H2. The van der Waals surface area contributed by atoms with Crippen molar-refractivity contribution < 1.29 is 23.9 Å². The fraction of sp³-hybridized carbons (Fsp3) is 0.308. The predicted molar refractivity (Wildman–Crippen MR) is 70.5 cm³/mol. The van der Waals surface area contributed by atoms with Crippen molar-refractivity contribution in [3.05, 3.63) is 47.2 Å². The van der Waals surface area contributed by atoms with E-state index in [9.17, 15) is 14.9 Å². The minimum Gasteiger partial charge on any atom is -0.502 e. The van der Waals surface area contributed by atoms with Crippen LogP contribution in [0.1, 0.15) is 12.8 Å². The summed E-state index contributed by atoms with van der Waals surface area (Å²) in [5.41, 5.74) is -0.0760. The summed E-state index contributed by atoms with van der Waals surface area (Å²) in [5, 5.41) is 10.4. The molecule has 0 bridgehead atoms. The zero-order valence-corrected chi connectivity index (χ0v) is 10.8. The van der Waals surface area contributed by atoms with Gasteiger partial charge in [-0.05, 0) is 25.0 Å². The van der Waals surface area contributed by atoms with Crippen LogP contribution in [0.4, 0.5) is 10.5 Å². The minimum absolute atomic E-state index is 0.0760. The Balaban J connectivity index is 2.24. The lowest BCUT2D eigenvalue weighted by atomic mass is 10.3. The maximum Gasteiger partial charge on any atom is 0.513 e. The maximum absolute atomic E-state index is 11.3. The Morgan fingerprint density at radius 2 is 1.90 bits per heavy atom. The van der Waals surface area contributed by atoms with Crippen LogP contribution < -0.4 is 4.74 Å². The Kier molecular flexibility index (Phi) is 6.60. The molecule has 1 aromatic carbocycles. The molecular weight excluding hydrogens is 266 g/mol. The van der Waals surface area contributed by atoms with Crippen LogP contribution >= 0.6 is 0 Å². The molecule has 0 aromatic heterocycles. The van der Waals surface area contributed by atoms with Gasteiger partial charge in [-0.25, -0.2) is 4.79 Å². The van der Waals surface area contributed by atoms with E-state index >= 15 is 0 Å². The molecule has 1 rings (SSSR count). The van der Waals surface area contributed by atoms with Crippen LogP contribution in [-0.2, 0) is 9.47 Å². The lowest BCUT2D eigenvalue weighted by Crippen LogP contribution is -2.11. The number of nitro groups is 1. The van der Waals surface area contributed by atoms with Crippen molar-refractivity contribution in [1.29, 1.82) is 0 Å². The predicted octanol–water partition coefficient (Wildman–Crippen LogP) is 3.05. The summed E-state index contributed by atoms with van der Waals surface area (Å²) in [4.78, 5) is 21.2. The zero-order valence-electron chi connectivity index (χ0n) is 10.8. The van der Waals surface area contributed by atoms with Gasteiger partial charge in [-0.3, -0.25) is 10.1 Å². The monoisotopic (exact) mass is 281 g/mol. The smallest absolute Gasteiger partial charge is 0.502 e. The van der Waals surface area contributed by atoms with Gasteiger partial charge in [-0.1, -0.05) is 6.58 Å². The second-order valence-electron chi connectivity index (χ2n) is 3.70. The summed E-state index contributed by atoms with van der Waals surface area (Å²) < 4.78 is 14.6. The highest BCUT2D eigenvalue weighted by molar-refractivity contribution is 5.63. The lowest BCUT2D eigenvalue weighted by Gasteiger charge is -2.05. The molecular formula is C13H15NO6. The number of hydrogen-bond acceptors (Lipinski definition) is 6. The van der Waals surface area contributed by atoms with Crippen molar-refractivity contribution in [1.82, 2.24) is 0 Å². The molecule has 0 unspecified atom stereocenters. The molecule has 0 saturated heterocycles. The van der Waals surface area contributed by atoms with Gasteiger partial charge in [-0.15, -0.1) is 0 Å². The molecule has 20 heavy (non-hydrogen) atoms. The lowest BCUT2D eigenvalue weighted by molar-refractivity contribution is -0.384. The topological polar surface area (TPSA) is 87.9 Å². The second kappa shape index (κ2) is 8.52. The Morgan fingerprint density at radius 1 is 1.25 bits per heavy atom. The Bertz CT molecular complexity index is 456. The zero-order chi connectivity index (χ0) is 14.8. The van der Waals surface area contributed by atoms with Gasteiger partial charge in [0.05, 0.1) is 24.4 Å². The van der Waals surface area contributed by atoms with E-state index in [1.807, 2.05) is 0 Å². The van der Waals surface area contributed by atoms with Crippen LogP contribution in [-0.4, -0.2) is 24.3 Å². The highest BCUT2D eigenvalue weighted by Gasteiger charge is 2.08. The summed E-state index contributed by atoms with van der Waals surface area (Å²) in [6, 6.07) is 5.15. The third kappa shape index (κ3) is 5.85. The van der Waals surface area contributed by atoms with E-state index in [0.29, 0.717) is 13.0 Å². The molecule has 0 aliphatic heterocycles. The molecule has 0 amide bonds. The molecule has 0 aliphatic carbocycles. The number of carbonyl (C=O) groups is 1. The van der Waals surface area contributed by atoms with Gasteiger partial charge in [-0.2, -0.15) is 0 Å². The summed E-state index contributed by atoms with van der Waals surface area (Å²) in [6.07, 6.45) is 1.88. The van der Waals surface area contributed by atoms with Crippen molar-refractivity contribution in [2.24, 2.45) is 0 Å². The molecule has 0 N–H and O–H groups in total. The average Bonchev–Trinajstić information content (AvgIpc) is 2.43. The SMILES string of the molecule is C=COCCCCOC(=O)Oc1ccc([N+](=O)[O-])cc1. The van der Waals surface area contributed by atoms with E-state index < -0.39 is 11.1 Å². The first-order valence-electron chi connectivity index (χ1n) is 5.95. The average molecular weight is 281 g/mol. The summed E-state index contributed by atoms with van der Waals surface area (Å²) >= 11 is 0. The maximum atomic E-state index is 11.3. The van der Waals surface area contributed by atoms with Crippen LogP contribution in [0.2, 0.25) is 0 Å². The highest BCUT2D eigenvalue weighted by atomic mass is 16.7. The van der Waals surface area contributed by atoms with Gasteiger partial charge < -0.3 is 14.2 Å². The summed E-state index contributed by atoms with van der Waals surface area (Å²) in [6.45, 7) is 4.13. The van der Waals surface area contributed by atoms with Gasteiger partial charge in [0.1, 0.15) is 5.75 Å². The molecule has 0 radical (unpaired) electrons. The van der Waals surface area contributed by atoms with E-state index in [1.54, 1.807) is 0 Å². The van der Waals surface area contributed by atoms with Gasteiger partial charge in [0.2, 0.25) is 0 Å². The van der Waals surface area contributed by atoms with E-state index in [4.69, 9.17) is 14.2 Å². The number of nitrogens with zero attached hydrogens (tertiary/aromatic N) is 1. The Morgan fingerprint density at radius 3 is 2.50 bits per heavy atom. The van der Waals surface area contributed by atoms with Crippen LogP contribution in [0.25, 0.3) is 0 Å². The quantitative estimate of drug-likeness (QED) is 0.182. The fourth-order valence-corrected chi connectivity index (χ4v) is 1.29. The van der Waals surface area contributed by atoms with Crippen LogP contribution in [0.5, 0.6) is 5.75 Å². The normalized spacial score (nSPS) is 9.60. The highest BCUT2D eigenvalue weighted by Crippen LogP contribution is 2.17. The number of hydrogen-bond donors (Lipinski definition) is 0. The molecule has 7 heteroatoms. The Hall–Kier alpha value is -2.57. The third-order valence-electron chi connectivity index (χ3n) is 2.24. The van der Waals surface area contributed by atoms with E-state index in [2.05, 4.69) is 6.58 Å². The molecule has 0 saturated carbocycles. The fourth-order valence-electron chi connectivity index (χ4n) is 1.29. The Labute approximate surface area is 115 Å². The number of non-ortho nitro benzene ring substituents is 1. The minimum atomic E-state index is -0.844. The third-order valence-corrected chi connectivity index (χ3v) is 2.24. The first kappa shape index (κ1) is 15.5. The summed E-state index contributed by atoms with van der Waals surface area (Å²) in [5.74, 6) is 0.190. The second-order valence-corrected chi connectivity index (χ2v) is 3.70. The summed E-state index contributed by atoms with van der Waals surface area (Å²) in [7, 11) is 0. The van der Waals surface area contributed by atoms with E-state index in [-0.39, 0.29) is 18.0 Å². The van der Waals surface area contributed by atoms with Crippen LogP contribution in [0, 0.1) is 10.1 Å². The van der Waals surface area contributed by atoms with E-state index in [0.717, 1.165) is 6.42 Å². The van der Waals surface area contributed by atoms with Gasteiger partial charge in [0.25, 0.3) is 5.69 Å². The van der Waals surface area contributed by atoms with E-state index in [1.165, 1.54) is 30.5 Å². The van der Waals surface area contributed by atoms with Crippen LogP contribution in [0.15, 0.2) is 37.1 Å².